The van der Waals surface area contributed by atoms with Gasteiger partial charge in [0.25, 0.3) is 0 Å². The summed E-state index contributed by atoms with van der Waals surface area (Å²) in [6, 6.07) is 0.624. The molecule has 3 fully saturated rings. The Morgan fingerprint density at radius 1 is 1.37 bits per heavy atom. The van der Waals surface area contributed by atoms with E-state index in [-0.39, 0.29) is 30.6 Å². The van der Waals surface area contributed by atoms with E-state index in [1.54, 1.807) is 0 Å². The second-order valence-electron chi connectivity index (χ2n) is 5.68. The summed E-state index contributed by atoms with van der Waals surface area (Å²) >= 11 is 0. The van der Waals surface area contributed by atoms with Crippen LogP contribution in [0.15, 0.2) is 0 Å². The highest BCUT2D eigenvalue weighted by molar-refractivity contribution is 5.80. The molecule has 1 amide bonds. The monoisotopic (exact) mass is 267 g/mol. The second-order valence-corrected chi connectivity index (χ2v) is 5.68. The Hall–Kier alpha value is -1.14. The average molecular weight is 267 g/mol. The number of nitrogens with zero attached hydrogens (tertiary/aromatic N) is 1. The van der Waals surface area contributed by atoms with E-state index in [1.807, 2.05) is 4.90 Å². The highest BCUT2D eigenvalue weighted by Gasteiger charge is 2.47. The number of hydrogen-bond donors (Lipinski definition) is 2. The van der Waals surface area contributed by atoms with Crippen molar-refractivity contribution in [2.24, 2.45) is 0 Å². The van der Waals surface area contributed by atoms with E-state index in [4.69, 9.17) is 0 Å². The predicted octanol–water partition coefficient (Wildman–Crippen LogP) is -0.0620. The maximum absolute atomic E-state index is 12.3. The summed E-state index contributed by atoms with van der Waals surface area (Å²) in [7, 11) is 1.38. The Balaban J connectivity index is 1.68. The van der Waals surface area contributed by atoms with Crippen LogP contribution >= 0.6 is 0 Å². The molecule has 1 aliphatic carbocycles. The van der Waals surface area contributed by atoms with Gasteiger partial charge in [0, 0.05) is 24.5 Å². The minimum absolute atomic E-state index is 0.107. The third kappa shape index (κ3) is 2.34. The molecule has 2 N–H and O–H groups in total. The number of ether oxygens (including phenoxy) is 1. The lowest BCUT2D eigenvalue weighted by Crippen LogP contribution is -2.61. The van der Waals surface area contributed by atoms with E-state index in [0.29, 0.717) is 18.5 Å². The molecular weight excluding hydrogens is 246 g/mol. The van der Waals surface area contributed by atoms with Crippen molar-refractivity contribution in [3.63, 3.8) is 0 Å². The zero-order chi connectivity index (χ0) is 13.4. The van der Waals surface area contributed by atoms with E-state index in [1.165, 1.54) is 20.0 Å². The Kier molecular flexibility index (Phi) is 3.45. The predicted molar refractivity (Wildman–Crippen MR) is 68.0 cm³/mol. The number of carbonyl (C=O) groups is 2. The van der Waals surface area contributed by atoms with Crippen LogP contribution in [-0.4, -0.2) is 48.3 Å². The van der Waals surface area contributed by atoms with Crippen molar-refractivity contribution < 1.29 is 14.3 Å². The SMILES string of the molecule is COC(=O)CC1CC(=O)N2C(N1)NC1CCCCC12. The maximum Gasteiger partial charge on any atom is 0.307 e. The molecule has 19 heavy (non-hydrogen) atoms. The fourth-order valence-corrected chi connectivity index (χ4v) is 3.58. The summed E-state index contributed by atoms with van der Waals surface area (Å²) in [5.41, 5.74) is 0. The molecule has 0 aromatic rings. The van der Waals surface area contributed by atoms with E-state index in [9.17, 15) is 9.59 Å². The smallest absolute Gasteiger partial charge is 0.307 e. The molecule has 106 valence electrons. The van der Waals surface area contributed by atoms with Crippen molar-refractivity contribution in [1.29, 1.82) is 0 Å². The van der Waals surface area contributed by atoms with Crippen LogP contribution < -0.4 is 10.6 Å². The van der Waals surface area contributed by atoms with Crippen molar-refractivity contribution >= 4 is 11.9 Å². The Labute approximate surface area is 112 Å². The molecule has 3 rings (SSSR count). The van der Waals surface area contributed by atoms with E-state index < -0.39 is 0 Å². The van der Waals surface area contributed by atoms with Gasteiger partial charge in [-0.25, -0.2) is 0 Å². The van der Waals surface area contributed by atoms with Crippen LogP contribution in [0.25, 0.3) is 0 Å². The van der Waals surface area contributed by atoms with Crippen LogP contribution in [0.1, 0.15) is 38.5 Å². The Morgan fingerprint density at radius 3 is 2.95 bits per heavy atom. The highest BCUT2D eigenvalue weighted by Crippen LogP contribution is 2.31. The minimum Gasteiger partial charge on any atom is -0.469 e. The lowest BCUT2D eigenvalue weighted by Gasteiger charge is -2.38. The van der Waals surface area contributed by atoms with Crippen LogP contribution in [0.5, 0.6) is 0 Å². The normalized spacial score (nSPS) is 37.7. The quantitative estimate of drug-likeness (QED) is 0.686. The van der Waals surface area contributed by atoms with Crippen LogP contribution in [0.4, 0.5) is 0 Å². The number of esters is 1. The number of amides is 1. The first-order chi connectivity index (χ1) is 9.19. The van der Waals surface area contributed by atoms with Crippen molar-refractivity contribution in [2.45, 2.75) is 62.9 Å². The highest BCUT2D eigenvalue weighted by atomic mass is 16.5. The molecule has 2 saturated heterocycles. The first-order valence-electron chi connectivity index (χ1n) is 7.09. The van der Waals surface area contributed by atoms with Gasteiger partial charge in [-0.15, -0.1) is 0 Å². The minimum atomic E-state index is -0.269. The third-order valence-corrected chi connectivity index (χ3v) is 4.48. The first kappa shape index (κ1) is 12.9. The lowest BCUT2D eigenvalue weighted by molar-refractivity contribution is -0.144. The van der Waals surface area contributed by atoms with Gasteiger partial charge in [0.05, 0.1) is 13.5 Å². The van der Waals surface area contributed by atoms with Gasteiger partial charge in [0.2, 0.25) is 5.91 Å². The second kappa shape index (κ2) is 5.09. The Bertz CT molecular complexity index is 387. The largest absolute Gasteiger partial charge is 0.469 e. The van der Waals surface area contributed by atoms with Gasteiger partial charge in [-0.1, -0.05) is 12.8 Å². The zero-order valence-electron chi connectivity index (χ0n) is 11.2. The summed E-state index contributed by atoms with van der Waals surface area (Å²) in [5.74, 6) is -0.117. The van der Waals surface area contributed by atoms with Gasteiger partial charge in [0.15, 0.2) is 0 Å². The van der Waals surface area contributed by atoms with Gasteiger partial charge in [-0.05, 0) is 12.8 Å². The molecule has 2 heterocycles. The Morgan fingerprint density at radius 2 is 2.16 bits per heavy atom. The van der Waals surface area contributed by atoms with Crippen LogP contribution in [0.3, 0.4) is 0 Å². The number of rotatable bonds is 2. The van der Waals surface area contributed by atoms with Crippen molar-refractivity contribution in [2.75, 3.05) is 7.11 Å². The molecule has 0 radical (unpaired) electrons. The van der Waals surface area contributed by atoms with E-state index in [2.05, 4.69) is 15.4 Å². The van der Waals surface area contributed by atoms with E-state index in [0.717, 1.165) is 12.8 Å². The fraction of sp³-hybridized carbons (Fsp3) is 0.846. The summed E-state index contributed by atoms with van der Waals surface area (Å²) in [6.07, 6.45) is 5.18. The van der Waals surface area contributed by atoms with Gasteiger partial charge in [0.1, 0.15) is 6.29 Å². The molecule has 0 bridgehead atoms. The van der Waals surface area contributed by atoms with Gasteiger partial charge >= 0.3 is 5.97 Å². The van der Waals surface area contributed by atoms with Crippen LogP contribution in [-0.2, 0) is 14.3 Å². The van der Waals surface area contributed by atoms with Gasteiger partial charge in [-0.2, -0.15) is 0 Å². The molecule has 0 aromatic carbocycles. The molecule has 4 unspecified atom stereocenters. The molecular formula is C13H21N3O3. The molecule has 2 aliphatic heterocycles. The summed E-state index contributed by atoms with van der Waals surface area (Å²) in [6.45, 7) is 0. The molecule has 4 atom stereocenters. The van der Waals surface area contributed by atoms with Crippen LogP contribution in [0.2, 0.25) is 0 Å². The van der Waals surface area contributed by atoms with E-state index >= 15 is 0 Å². The maximum atomic E-state index is 12.3. The number of nitrogens with one attached hydrogen (secondary N) is 2. The molecule has 6 nitrogen and oxygen atoms in total. The van der Waals surface area contributed by atoms with Crippen LogP contribution in [0, 0.1) is 0 Å². The number of carbonyl (C=O) groups excluding carboxylic acids is 2. The standard InChI is InChI=1S/C13H21N3O3/c1-19-12(18)7-8-6-11(17)16-10-5-3-2-4-9(10)15-13(16)14-8/h8-10,13-15H,2-7H2,1H3. The fourth-order valence-electron chi connectivity index (χ4n) is 3.58. The van der Waals surface area contributed by atoms with Crippen molar-refractivity contribution in [3.8, 4) is 0 Å². The van der Waals surface area contributed by atoms with Gasteiger partial charge in [-0.3, -0.25) is 20.2 Å². The molecule has 6 heteroatoms. The van der Waals surface area contributed by atoms with Crippen molar-refractivity contribution in [1.82, 2.24) is 15.5 Å². The zero-order valence-corrected chi connectivity index (χ0v) is 11.2. The van der Waals surface area contributed by atoms with Crippen molar-refractivity contribution in [3.05, 3.63) is 0 Å². The molecule has 0 aromatic heterocycles. The third-order valence-electron chi connectivity index (χ3n) is 4.48. The van der Waals surface area contributed by atoms with Gasteiger partial charge < -0.3 is 9.64 Å². The number of fused-ring (bicyclic) bond motifs is 3. The summed E-state index contributed by atoms with van der Waals surface area (Å²) in [4.78, 5) is 25.6. The molecule has 3 aliphatic rings. The molecule has 1 saturated carbocycles. The summed E-state index contributed by atoms with van der Waals surface area (Å²) in [5, 5.41) is 6.85. The average Bonchev–Trinajstić information content (AvgIpc) is 2.76. The first-order valence-corrected chi connectivity index (χ1v) is 7.09. The number of methoxy groups -OCH3 is 1. The summed E-state index contributed by atoms with van der Waals surface area (Å²) < 4.78 is 4.67. The lowest BCUT2D eigenvalue weighted by atomic mass is 9.90. The molecule has 0 spiro atoms. The number of hydrogen-bond acceptors (Lipinski definition) is 5. The topological polar surface area (TPSA) is 70.7 Å².